The predicted molar refractivity (Wildman–Crippen MR) is 61.8 cm³/mol. The van der Waals surface area contributed by atoms with Gasteiger partial charge in [-0.1, -0.05) is 64.5 Å². The van der Waals surface area contributed by atoms with Gasteiger partial charge in [0.05, 0.1) is 0 Å². The van der Waals surface area contributed by atoms with Crippen LogP contribution in [0.4, 0.5) is 0 Å². The molecule has 0 aromatic carbocycles. The van der Waals surface area contributed by atoms with Gasteiger partial charge in [0.1, 0.15) is 0 Å². The first-order valence-corrected chi connectivity index (χ1v) is 5.25. The van der Waals surface area contributed by atoms with Crippen LogP contribution in [-0.4, -0.2) is 0 Å². The van der Waals surface area contributed by atoms with Crippen molar-refractivity contribution in [2.24, 2.45) is 5.92 Å². The van der Waals surface area contributed by atoms with Gasteiger partial charge in [-0.15, -0.1) is 0 Å². The van der Waals surface area contributed by atoms with Crippen molar-refractivity contribution >= 4 is 0 Å². The molecular formula is C13H22. The zero-order chi connectivity index (χ0) is 10.1. The van der Waals surface area contributed by atoms with E-state index in [1.807, 2.05) is 0 Å². The van der Waals surface area contributed by atoms with E-state index in [1.165, 1.54) is 12.0 Å². The van der Waals surface area contributed by atoms with E-state index >= 15 is 0 Å². The van der Waals surface area contributed by atoms with E-state index in [9.17, 15) is 0 Å². The predicted octanol–water partition coefficient (Wildman–Crippen LogP) is 4.50. The third kappa shape index (κ3) is 6.39. The first kappa shape index (κ1) is 12.2. The van der Waals surface area contributed by atoms with Gasteiger partial charge >= 0.3 is 0 Å². The minimum atomic E-state index is 0.663. The lowest BCUT2D eigenvalue weighted by molar-refractivity contribution is 0.788. The van der Waals surface area contributed by atoms with Gasteiger partial charge in [-0.2, -0.15) is 0 Å². The maximum absolute atomic E-state index is 2.28. The van der Waals surface area contributed by atoms with Crippen LogP contribution >= 0.6 is 0 Å². The standard InChI is InChI=1S/C10H14.C3H8/c1-9(2)10-7-5-3-4-6-8-10;1-3-2/h3-5,7-9H,6H2,1-2H3;3H2,1-2H3. The van der Waals surface area contributed by atoms with Crippen LogP contribution in [0.2, 0.25) is 0 Å². The Kier molecular flexibility index (Phi) is 7.38. The Morgan fingerprint density at radius 2 is 1.85 bits per heavy atom. The Balaban J connectivity index is 0.000000424. The average Bonchev–Trinajstić information content (AvgIpc) is 2.32. The number of hydrogen-bond acceptors (Lipinski definition) is 0. The Labute approximate surface area is 83.0 Å². The Morgan fingerprint density at radius 3 is 2.38 bits per heavy atom. The monoisotopic (exact) mass is 178 g/mol. The van der Waals surface area contributed by atoms with Crippen LogP contribution in [0.15, 0.2) is 36.0 Å². The second kappa shape index (κ2) is 7.85. The fraction of sp³-hybridized carbons (Fsp3) is 0.538. The molecule has 0 aromatic heterocycles. The number of allylic oxidation sites excluding steroid dienone is 6. The molecule has 1 aliphatic rings. The van der Waals surface area contributed by atoms with Crippen LogP contribution in [0.5, 0.6) is 0 Å². The Bertz CT molecular complexity index is 192. The molecule has 1 rings (SSSR count). The summed E-state index contributed by atoms with van der Waals surface area (Å²) in [6.07, 6.45) is 13.2. The molecule has 0 heteroatoms. The molecular weight excluding hydrogens is 156 g/mol. The largest absolute Gasteiger partial charge is 0.0807 e. The van der Waals surface area contributed by atoms with Crippen molar-refractivity contribution in [2.45, 2.75) is 40.5 Å². The summed E-state index contributed by atoms with van der Waals surface area (Å²) in [5.41, 5.74) is 1.45. The van der Waals surface area contributed by atoms with Crippen molar-refractivity contribution in [3.63, 3.8) is 0 Å². The van der Waals surface area contributed by atoms with Crippen LogP contribution in [-0.2, 0) is 0 Å². The highest BCUT2D eigenvalue weighted by Gasteiger charge is 1.97. The maximum atomic E-state index is 2.28. The highest BCUT2D eigenvalue weighted by Crippen LogP contribution is 2.13. The quantitative estimate of drug-likeness (QED) is 0.554. The van der Waals surface area contributed by atoms with Crippen molar-refractivity contribution in [1.82, 2.24) is 0 Å². The van der Waals surface area contributed by atoms with E-state index in [0.29, 0.717) is 5.92 Å². The Morgan fingerprint density at radius 1 is 1.23 bits per heavy atom. The molecule has 0 saturated heterocycles. The lowest BCUT2D eigenvalue weighted by Crippen LogP contribution is -1.88. The van der Waals surface area contributed by atoms with Gasteiger partial charge in [0.25, 0.3) is 0 Å². The summed E-state index contributed by atoms with van der Waals surface area (Å²) >= 11 is 0. The summed E-state index contributed by atoms with van der Waals surface area (Å²) in [5.74, 6) is 0.663. The summed E-state index contributed by atoms with van der Waals surface area (Å²) < 4.78 is 0. The van der Waals surface area contributed by atoms with Gasteiger partial charge in [0, 0.05) is 0 Å². The van der Waals surface area contributed by atoms with Gasteiger partial charge in [-0.3, -0.25) is 0 Å². The van der Waals surface area contributed by atoms with Gasteiger partial charge < -0.3 is 0 Å². The number of rotatable bonds is 1. The van der Waals surface area contributed by atoms with Gasteiger partial charge in [0.2, 0.25) is 0 Å². The summed E-state index contributed by atoms with van der Waals surface area (Å²) in [6.45, 7) is 8.70. The SMILES string of the molecule is CC(C)C1=CCC=CC=C1.CCC. The maximum Gasteiger partial charge on any atom is -0.0160 e. The van der Waals surface area contributed by atoms with Gasteiger partial charge in [0.15, 0.2) is 0 Å². The minimum absolute atomic E-state index is 0.663. The number of hydrogen-bond donors (Lipinski definition) is 0. The molecule has 0 heterocycles. The van der Waals surface area contributed by atoms with Crippen LogP contribution in [0.3, 0.4) is 0 Å². The van der Waals surface area contributed by atoms with E-state index in [4.69, 9.17) is 0 Å². The summed E-state index contributed by atoms with van der Waals surface area (Å²) in [7, 11) is 0. The van der Waals surface area contributed by atoms with Crippen molar-refractivity contribution < 1.29 is 0 Å². The van der Waals surface area contributed by atoms with Crippen molar-refractivity contribution in [1.29, 1.82) is 0 Å². The fourth-order valence-corrected chi connectivity index (χ4v) is 1.02. The third-order valence-electron chi connectivity index (χ3n) is 1.69. The van der Waals surface area contributed by atoms with Crippen molar-refractivity contribution in [3.8, 4) is 0 Å². The molecule has 0 aromatic rings. The summed E-state index contributed by atoms with van der Waals surface area (Å²) in [5, 5.41) is 0. The lowest BCUT2D eigenvalue weighted by Gasteiger charge is -2.03. The molecule has 0 bridgehead atoms. The first-order valence-electron chi connectivity index (χ1n) is 5.25. The zero-order valence-corrected chi connectivity index (χ0v) is 9.38. The molecule has 0 radical (unpaired) electrons. The van der Waals surface area contributed by atoms with E-state index in [0.717, 1.165) is 6.42 Å². The van der Waals surface area contributed by atoms with Crippen LogP contribution < -0.4 is 0 Å². The van der Waals surface area contributed by atoms with E-state index in [-0.39, 0.29) is 0 Å². The van der Waals surface area contributed by atoms with Crippen molar-refractivity contribution in [2.75, 3.05) is 0 Å². The topological polar surface area (TPSA) is 0 Å². The highest BCUT2D eigenvalue weighted by molar-refractivity contribution is 5.27. The lowest BCUT2D eigenvalue weighted by atomic mass is 10.0. The van der Waals surface area contributed by atoms with Crippen LogP contribution in [0.25, 0.3) is 0 Å². The molecule has 0 aliphatic heterocycles. The second-order valence-corrected chi connectivity index (χ2v) is 3.59. The van der Waals surface area contributed by atoms with Crippen LogP contribution in [0, 0.1) is 5.92 Å². The molecule has 0 unspecified atom stereocenters. The highest BCUT2D eigenvalue weighted by atomic mass is 14.0. The molecule has 0 nitrogen and oxygen atoms in total. The minimum Gasteiger partial charge on any atom is -0.0807 e. The molecule has 0 saturated carbocycles. The van der Waals surface area contributed by atoms with Crippen LogP contribution in [0.1, 0.15) is 40.5 Å². The molecule has 0 fully saturated rings. The molecule has 1 aliphatic carbocycles. The smallest absolute Gasteiger partial charge is 0.0160 e. The molecule has 0 amide bonds. The van der Waals surface area contributed by atoms with E-state index in [1.54, 1.807) is 0 Å². The van der Waals surface area contributed by atoms with Crippen molar-refractivity contribution in [3.05, 3.63) is 36.0 Å². The third-order valence-corrected chi connectivity index (χ3v) is 1.69. The van der Waals surface area contributed by atoms with E-state index in [2.05, 4.69) is 58.1 Å². The molecule has 13 heavy (non-hydrogen) atoms. The molecule has 0 spiro atoms. The normalized spacial score (nSPS) is 14.7. The fourth-order valence-electron chi connectivity index (χ4n) is 1.02. The van der Waals surface area contributed by atoms with E-state index < -0.39 is 0 Å². The average molecular weight is 178 g/mol. The van der Waals surface area contributed by atoms with Gasteiger partial charge in [-0.25, -0.2) is 0 Å². The summed E-state index contributed by atoms with van der Waals surface area (Å²) in [4.78, 5) is 0. The Hall–Kier alpha value is -0.780. The molecule has 0 atom stereocenters. The molecule has 0 N–H and O–H groups in total. The summed E-state index contributed by atoms with van der Waals surface area (Å²) in [6, 6.07) is 0. The molecule has 74 valence electrons. The first-order chi connectivity index (χ1) is 6.22. The second-order valence-electron chi connectivity index (χ2n) is 3.59. The zero-order valence-electron chi connectivity index (χ0n) is 9.38. The van der Waals surface area contributed by atoms with Gasteiger partial charge in [-0.05, 0) is 17.9 Å².